The summed E-state index contributed by atoms with van der Waals surface area (Å²) < 4.78 is 0. The topological polar surface area (TPSA) is 84.6 Å². The zero-order valence-corrected chi connectivity index (χ0v) is 9.39. The Hall–Kier alpha value is -1.42. The summed E-state index contributed by atoms with van der Waals surface area (Å²) in [5.41, 5.74) is 0. The fourth-order valence-corrected chi connectivity index (χ4v) is 1.72. The maximum atomic E-state index is 8.07. The quantitative estimate of drug-likeness (QED) is 0.377. The highest BCUT2D eigenvalue weighted by atomic mass is 32.2. The van der Waals surface area contributed by atoms with Crippen molar-refractivity contribution in [2.24, 2.45) is 9.98 Å². The van der Waals surface area contributed by atoms with Crippen LogP contribution in [0, 0.1) is 11.5 Å². The van der Waals surface area contributed by atoms with E-state index in [0.29, 0.717) is 0 Å². The van der Waals surface area contributed by atoms with Gasteiger partial charge in [0.1, 0.15) is 0 Å². The van der Waals surface area contributed by atoms with E-state index < -0.39 is 0 Å². The highest BCUT2D eigenvalue weighted by Gasteiger charge is 2.03. The standard InChI is InChI=1S/C4H5N3S.C4H9N3/c5-3-7-4-6-1-2-8-4;1-5-4-6-2-3-7-4/h1-2H2,(H,6,7);2-3H2,1H3,(H2,5,6,7). The molecule has 0 aromatic carbocycles. The van der Waals surface area contributed by atoms with Gasteiger partial charge in [-0.25, -0.2) is 0 Å². The van der Waals surface area contributed by atoms with Crippen LogP contribution in [0.15, 0.2) is 9.98 Å². The Kier molecular flexibility index (Phi) is 5.40. The number of aliphatic imine (C=N–C) groups is 2. The molecule has 2 aliphatic heterocycles. The van der Waals surface area contributed by atoms with Gasteiger partial charge >= 0.3 is 0 Å². The monoisotopic (exact) mass is 226 g/mol. The van der Waals surface area contributed by atoms with Crippen molar-refractivity contribution < 1.29 is 0 Å². The molecule has 15 heavy (non-hydrogen) atoms. The molecule has 2 aliphatic rings. The van der Waals surface area contributed by atoms with Crippen LogP contribution >= 0.6 is 11.8 Å². The average Bonchev–Trinajstić information content (AvgIpc) is 2.91. The Morgan fingerprint density at radius 1 is 1.53 bits per heavy atom. The summed E-state index contributed by atoms with van der Waals surface area (Å²) in [5.74, 6) is 1.92. The smallest absolute Gasteiger partial charge is 0.191 e. The second-order valence-corrected chi connectivity index (χ2v) is 3.78. The SMILES string of the molecule is CN=C1NCCN1.N#CNC1=NCCS1. The van der Waals surface area contributed by atoms with Crippen molar-refractivity contribution in [1.82, 2.24) is 16.0 Å². The lowest BCUT2D eigenvalue weighted by atomic mass is 10.7. The molecule has 1 saturated heterocycles. The molecular formula is C8H14N6S. The van der Waals surface area contributed by atoms with Gasteiger partial charge in [-0.05, 0) is 0 Å². The summed E-state index contributed by atoms with van der Waals surface area (Å²) in [6.45, 7) is 2.86. The van der Waals surface area contributed by atoms with E-state index in [2.05, 4.69) is 25.9 Å². The van der Waals surface area contributed by atoms with Crippen LogP contribution in [0.3, 0.4) is 0 Å². The first-order valence-corrected chi connectivity index (χ1v) is 5.62. The van der Waals surface area contributed by atoms with Gasteiger partial charge < -0.3 is 10.6 Å². The average molecular weight is 226 g/mol. The van der Waals surface area contributed by atoms with Gasteiger partial charge in [-0.3, -0.25) is 15.3 Å². The molecule has 2 heterocycles. The summed E-state index contributed by atoms with van der Waals surface area (Å²) in [7, 11) is 1.76. The third kappa shape index (κ3) is 4.56. The van der Waals surface area contributed by atoms with Crippen molar-refractivity contribution in [2.75, 3.05) is 32.4 Å². The molecule has 1 fully saturated rings. The first kappa shape index (κ1) is 11.7. The molecule has 82 valence electrons. The van der Waals surface area contributed by atoms with Crippen LogP contribution in [0.4, 0.5) is 0 Å². The van der Waals surface area contributed by atoms with Crippen molar-refractivity contribution in [1.29, 1.82) is 5.26 Å². The van der Waals surface area contributed by atoms with E-state index >= 15 is 0 Å². The lowest BCUT2D eigenvalue weighted by molar-refractivity contribution is 0.942. The number of hydrogen-bond donors (Lipinski definition) is 3. The lowest BCUT2D eigenvalue weighted by Gasteiger charge is -1.90. The molecule has 0 bridgehead atoms. The molecule has 0 unspecified atom stereocenters. The third-order valence-corrected chi connectivity index (χ3v) is 2.57. The van der Waals surface area contributed by atoms with Crippen LogP contribution in [0.2, 0.25) is 0 Å². The number of rotatable bonds is 0. The van der Waals surface area contributed by atoms with Gasteiger partial charge in [0.15, 0.2) is 17.3 Å². The van der Waals surface area contributed by atoms with E-state index in [1.54, 1.807) is 18.8 Å². The maximum Gasteiger partial charge on any atom is 0.191 e. The second-order valence-electron chi connectivity index (χ2n) is 2.70. The van der Waals surface area contributed by atoms with Gasteiger partial charge in [0.05, 0.1) is 6.54 Å². The minimum atomic E-state index is 0.757. The second kappa shape index (κ2) is 6.95. The highest BCUT2D eigenvalue weighted by molar-refractivity contribution is 8.14. The van der Waals surface area contributed by atoms with Crippen LogP contribution in [0.1, 0.15) is 0 Å². The van der Waals surface area contributed by atoms with Gasteiger partial charge in [0.25, 0.3) is 0 Å². The summed E-state index contributed by atoms with van der Waals surface area (Å²) >= 11 is 1.58. The molecule has 3 N–H and O–H groups in total. The van der Waals surface area contributed by atoms with Crippen LogP contribution in [-0.2, 0) is 0 Å². The Labute approximate surface area is 93.2 Å². The Morgan fingerprint density at radius 2 is 2.27 bits per heavy atom. The highest BCUT2D eigenvalue weighted by Crippen LogP contribution is 2.07. The maximum absolute atomic E-state index is 8.07. The first-order valence-electron chi connectivity index (χ1n) is 4.63. The van der Waals surface area contributed by atoms with E-state index in [4.69, 9.17) is 5.26 Å². The molecule has 0 amide bonds. The number of hydrogen-bond acceptors (Lipinski definition) is 5. The number of guanidine groups is 1. The predicted octanol–water partition coefficient (Wildman–Crippen LogP) is -0.675. The molecule has 0 spiro atoms. The molecule has 0 aromatic rings. The van der Waals surface area contributed by atoms with E-state index in [1.807, 2.05) is 6.19 Å². The predicted molar refractivity (Wildman–Crippen MR) is 62.9 cm³/mol. The molecular weight excluding hydrogens is 212 g/mol. The summed E-state index contributed by atoms with van der Waals surface area (Å²) in [5, 5.41) is 17.4. The van der Waals surface area contributed by atoms with Crippen molar-refractivity contribution in [2.45, 2.75) is 0 Å². The van der Waals surface area contributed by atoms with Crippen molar-refractivity contribution in [3.05, 3.63) is 0 Å². The molecule has 0 radical (unpaired) electrons. The summed E-state index contributed by atoms with van der Waals surface area (Å²) in [6.07, 6.45) is 1.81. The zero-order chi connectivity index (χ0) is 10.9. The van der Waals surface area contributed by atoms with Crippen LogP contribution in [0.25, 0.3) is 0 Å². The van der Waals surface area contributed by atoms with E-state index in [1.165, 1.54) is 0 Å². The fourth-order valence-electron chi connectivity index (χ4n) is 1.04. The van der Waals surface area contributed by atoms with Crippen LogP contribution in [0.5, 0.6) is 0 Å². The minimum Gasteiger partial charge on any atom is -0.355 e. The van der Waals surface area contributed by atoms with Gasteiger partial charge in [-0.2, -0.15) is 5.26 Å². The number of amidine groups is 1. The Bertz CT molecular complexity index is 284. The molecule has 0 aliphatic carbocycles. The van der Waals surface area contributed by atoms with E-state index in [9.17, 15) is 0 Å². The van der Waals surface area contributed by atoms with Gasteiger partial charge in [-0.1, -0.05) is 11.8 Å². The van der Waals surface area contributed by atoms with E-state index in [0.717, 1.165) is 36.5 Å². The minimum absolute atomic E-state index is 0.757. The molecule has 6 nitrogen and oxygen atoms in total. The van der Waals surface area contributed by atoms with Gasteiger partial charge in [0.2, 0.25) is 0 Å². The van der Waals surface area contributed by atoms with Gasteiger partial charge in [0, 0.05) is 25.9 Å². The van der Waals surface area contributed by atoms with Crippen molar-refractivity contribution >= 4 is 22.9 Å². The number of thioether (sulfide) groups is 1. The molecule has 0 aromatic heterocycles. The van der Waals surface area contributed by atoms with Gasteiger partial charge in [-0.15, -0.1) is 0 Å². The first-order chi connectivity index (χ1) is 7.36. The molecule has 0 atom stereocenters. The zero-order valence-electron chi connectivity index (χ0n) is 8.58. The van der Waals surface area contributed by atoms with Crippen molar-refractivity contribution in [3.8, 4) is 6.19 Å². The Balaban J connectivity index is 0.000000151. The van der Waals surface area contributed by atoms with Crippen LogP contribution in [-0.4, -0.2) is 43.6 Å². The largest absolute Gasteiger partial charge is 0.355 e. The van der Waals surface area contributed by atoms with Crippen LogP contribution < -0.4 is 16.0 Å². The Morgan fingerprint density at radius 3 is 2.67 bits per heavy atom. The lowest BCUT2D eigenvalue weighted by Crippen LogP contribution is -2.23. The van der Waals surface area contributed by atoms with E-state index in [-0.39, 0.29) is 0 Å². The number of nitriles is 1. The molecule has 2 rings (SSSR count). The summed E-state index contributed by atoms with van der Waals surface area (Å²) in [6, 6.07) is 0. The third-order valence-electron chi connectivity index (χ3n) is 1.68. The molecule has 0 saturated carbocycles. The number of nitrogens with zero attached hydrogens (tertiary/aromatic N) is 3. The fraction of sp³-hybridized carbons (Fsp3) is 0.625. The van der Waals surface area contributed by atoms with Crippen molar-refractivity contribution in [3.63, 3.8) is 0 Å². The molecule has 7 heteroatoms. The summed E-state index contributed by atoms with van der Waals surface area (Å²) in [4.78, 5) is 7.85. The normalized spacial score (nSPS) is 17.6. The number of nitrogens with one attached hydrogen (secondary N) is 3.